The van der Waals surface area contributed by atoms with E-state index in [0.29, 0.717) is 0 Å². The summed E-state index contributed by atoms with van der Waals surface area (Å²) < 4.78 is 0. The van der Waals surface area contributed by atoms with Crippen LogP contribution in [0.2, 0.25) is 0 Å². The zero-order valence-electron chi connectivity index (χ0n) is 9.23. The Morgan fingerprint density at radius 2 is 2.00 bits per heavy atom. The maximum absolute atomic E-state index is 11.4. The highest BCUT2D eigenvalue weighted by molar-refractivity contribution is 5.74. The van der Waals surface area contributed by atoms with Crippen molar-refractivity contribution >= 4 is 11.6 Å². The molecular weight excluding hydrogens is 188 g/mol. The average molecular weight is 204 g/mol. The molecule has 0 N–H and O–H groups in total. The van der Waals surface area contributed by atoms with Crippen LogP contribution in [0.1, 0.15) is 12.5 Å². The van der Waals surface area contributed by atoms with E-state index in [2.05, 4.69) is 24.1 Å². The third-order valence-corrected chi connectivity index (χ3v) is 2.91. The lowest BCUT2D eigenvalue weighted by atomic mass is 10.1. The van der Waals surface area contributed by atoms with E-state index in [0.717, 1.165) is 19.6 Å². The number of likely N-dealkylation sites (N-methyl/N-ethyl adjacent to an activating group) is 1. The molecule has 0 radical (unpaired) electrons. The van der Waals surface area contributed by atoms with E-state index in [1.54, 1.807) is 6.92 Å². The van der Waals surface area contributed by atoms with Gasteiger partial charge in [0.2, 0.25) is 5.91 Å². The molecule has 0 spiro atoms. The molecule has 0 saturated carbocycles. The Morgan fingerprint density at radius 1 is 1.27 bits per heavy atom. The summed E-state index contributed by atoms with van der Waals surface area (Å²) in [6, 6.07) is 8.27. The molecule has 0 unspecified atom stereocenters. The number of hydrogen-bond acceptors (Lipinski definition) is 2. The fourth-order valence-electron chi connectivity index (χ4n) is 1.96. The summed E-state index contributed by atoms with van der Waals surface area (Å²) in [5.74, 6) is 0.153. The second-order valence-electron chi connectivity index (χ2n) is 3.99. The Balaban J connectivity index is 2.33. The first-order valence-corrected chi connectivity index (χ1v) is 5.23. The van der Waals surface area contributed by atoms with Crippen molar-refractivity contribution in [1.82, 2.24) is 4.90 Å². The van der Waals surface area contributed by atoms with Crippen molar-refractivity contribution in [2.75, 3.05) is 25.0 Å². The number of anilines is 1. The van der Waals surface area contributed by atoms with Crippen molar-refractivity contribution in [3.05, 3.63) is 29.8 Å². The smallest absolute Gasteiger partial charge is 0.219 e. The van der Waals surface area contributed by atoms with Crippen LogP contribution < -0.4 is 4.90 Å². The molecule has 1 amide bonds. The van der Waals surface area contributed by atoms with E-state index >= 15 is 0 Å². The SMILES string of the molecule is CC(=O)N1CCN(C)c2ccccc2C1. The molecule has 3 heteroatoms. The number of amides is 1. The third-order valence-electron chi connectivity index (χ3n) is 2.91. The maximum Gasteiger partial charge on any atom is 0.219 e. The highest BCUT2D eigenvalue weighted by atomic mass is 16.2. The molecular formula is C12H16N2O. The van der Waals surface area contributed by atoms with Crippen molar-refractivity contribution in [2.24, 2.45) is 0 Å². The summed E-state index contributed by atoms with van der Waals surface area (Å²) in [4.78, 5) is 15.5. The lowest BCUT2D eigenvalue weighted by Crippen LogP contribution is -2.32. The van der Waals surface area contributed by atoms with Crippen molar-refractivity contribution in [3.8, 4) is 0 Å². The van der Waals surface area contributed by atoms with E-state index < -0.39 is 0 Å². The minimum Gasteiger partial charge on any atom is -0.373 e. The summed E-state index contributed by atoms with van der Waals surface area (Å²) in [5, 5.41) is 0. The van der Waals surface area contributed by atoms with Crippen LogP contribution in [0.4, 0.5) is 5.69 Å². The molecule has 0 bridgehead atoms. The fraction of sp³-hybridized carbons (Fsp3) is 0.417. The Labute approximate surface area is 90.3 Å². The third kappa shape index (κ3) is 1.96. The standard InChI is InChI=1S/C12H16N2O/c1-10(15)14-8-7-13(2)12-6-4-3-5-11(12)9-14/h3-6H,7-9H2,1-2H3. The van der Waals surface area contributed by atoms with Gasteiger partial charge in [-0.15, -0.1) is 0 Å². The molecule has 0 atom stereocenters. The van der Waals surface area contributed by atoms with Gasteiger partial charge in [-0.2, -0.15) is 0 Å². The maximum atomic E-state index is 11.4. The van der Waals surface area contributed by atoms with Gasteiger partial charge in [-0.1, -0.05) is 18.2 Å². The molecule has 15 heavy (non-hydrogen) atoms. The quantitative estimate of drug-likeness (QED) is 0.639. The molecule has 1 heterocycles. The predicted molar refractivity (Wildman–Crippen MR) is 60.8 cm³/mol. The minimum atomic E-state index is 0.153. The molecule has 1 aliphatic rings. The monoisotopic (exact) mass is 204 g/mol. The summed E-state index contributed by atoms with van der Waals surface area (Å²) in [6.45, 7) is 4.07. The van der Waals surface area contributed by atoms with E-state index in [1.165, 1.54) is 11.3 Å². The Hall–Kier alpha value is -1.51. The molecule has 80 valence electrons. The second-order valence-corrected chi connectivity index (χ2v) is 3.99. The molecule has 0 aliphatic carbocycles. The first-order valence-electron chi connectivity index (χ1n) is 5.23. The Morgan fingerprint density at radius 3 is 2.73 bits per heavy atom. The number of fused-ring (bicyclic) bond motifs is 1. The average Bonchev–Trinajstić information content (AvgIpc) is 2.39. The number of hydrogen-bond donors (Lipinski definition) is 0. The van der Waals surface area contributed by atoms with Crippen LogP contribution >= 0.6 is 0 Å². The first-order chi connectivity index (χ1) is 7.18. The molecule has 0 saturated heterocycles. The molecule has 3 nitrogen and oxygen atoms in total. The van der Waals surface area contributed by atoms with Crippen LogP contribution in [-0.4, -0.2) is 30.9 Å². The van der Waals surface area contributed by atoms with Gasteiger partial charge < -0.3 is 9.80 Å². The van der Waals surface area contributed by atoms with Crippen molar-refractivity contribution in [3.63, 3.8) is 0 Å². The lowest BCUT2D eigenvalue weighted by Gasteiger charge is -2.19. The van der Waals surface area contributed by atoms with Gasteiger partial charge in [0, 0.05) is 39.3 Å². The van der Waals surface area contributed by atoms with Crippen molar-refractivity contribution in [1.29, 1.82) is 0 Å². The van der Waals surface area contributed by atoms with Gasteiger partial charge >= 0.3 is 0 Å². The minimum absolute atomic E-state index is 0.153. The number of nitrogens with zero attached hydrogens (tertiary/aromatic N) is 2. The second kappa shape index (κ2) is 3.93. The Bertz CT molecular complexity index is 376. The molecule has 0 aromatic heterocycles. The Kier molecular flexibility index (Phi) is 2.62. The zero-order valence-corrected chi connectivity index (χ0v) is 9.23. The largest absolute Gasteiger partial charge is 0.373 e. The zero-order chi connectivity index (χ0) is 10.8. The van der Waals surface area contributed by atoms with E-state index in [9.17, 15) is 4.79 Å². The van der Waals surface area contributed by atoms with Gasteiger partial charge in [0.1, 0.15) is 0 Å². The van der Waals surface area contributed by atoms with Gasteiger partial charge in [-0.05, 0) is 11.6 Å². The summed E-state index contributed by atoms with van der Waals surface area (Å²) >= 11 is 0. The van der Waals surface area contributed by atoms with Crippen LogP contribution in [0.3, 0.4) is 0 Å². The van der Waals surface area contributed by atoms with Crippen molar-refractivity contribution in [2.45, 2.75) is 13.5 Å². The lowest BCUT2D eigenvalue weighted by molar-refractivity contribution is -0.129. The van der Waals surface area contributed by atoms with Crippen LogP contribution in [0.25, 0.3) is 0 Å². The van der Waals surface area contributed by atoms with Crippen LogP contribution in [0.15, 0.2) is 24.3 Å². The molecule has 1 aromatic rings. The normalized spacial score (nSPS) is 15.9. The van der Waals surface area contributed by atoms with Gasteiger partial charge in [0.15, 0.2) is 0 Å². The topological polar surface area (TPSA) is 23.6 Å². The molecule has 0 fully saturated rings. The van der Waals surface area contributed by atoms with E-state index in [4.69, 9.17) is 0 Å². The summed E-state index contributed by atoms with van der Waals surface area (Å²) in [7, 11) is 2.07. The van der Waals surface area contributed by atoms with Gasteiger partial charge in [-0.3, -0.25) is 4.79 Å². The number of benzene rings is 1. The number of carbonyl (C=O) groups excluding carboxylic acids is 1. The fourth-order valence-corrected chi connectivity index (χ4v) is 1.96. The van der Waals surface area contributed by atoms with Crippen LogP contribution in [-0.2, 0) is 11.3 Å². The molecule has 1 aromatic carbocycles. The van der Waals surface area contributed by atoms with Crippen LogP contribution in [0, 0.1) is 0 Å². The number of para-hydroxylation sites is 1. The van der Waals surface area contributed by atoms with Crippen molar-refractivity contribution < 1.29 is 4.79 Å². The van der Waals surface area contributed by atoms with E-state index in [-0.39, 0.29) is 5.91 Å². The van der Waals surface area contributed by atoms with Gasteiger partial charge in [0.25, 0.3) is 0 Å². The molecule has 1 aliphatic heterocycles. The number of rotatable bonds is 0. The highest BCUT2D eigenvalue weighted by Gasteiger charge is 2.18. The van der Waals surface area contributed by atoms with E-state index in [1.807, 2.05) is 17.0 Å². The van der Waals surface area contributed by atoms with Crippen LogP contribution in [0.5, 0.6) is 0 Å². The number of carbonyl (C=O) groups is 1. The predicted octanol–water partition coefficient (Wildman–Crippen LogP) is 1.48. The van der Waals surface area contributed by atoms with Gasteiger partial charge in [0.05, 0.1) is 0 Å². The summed E-state index contributed by atoms with van der Waals surface area (Å²) in [5.41, 5.74) is 2.47. The summed E-state index contributed by atoms with van der Waals surface area (Å²) in [6.07, 6.45) is 0. The molecule has 2 rings (SSSR count). The first kappa shape index (κ1) is 10.0. The van der Waals surface area contributed by atoms with Gasteiger partial charge in [-0.25, -0.2) is 0 Å². The highest BCUT2D eigenvalue weighted by Crippen LogP contribution is 2.23.